The largest absolute Gasteiger partial charge is 0.448 e. The summed E-state index contributed by atoms with van der Waals surface area (Å²) in [5, 5.41) is 5.36. The Morgan fingerprint density at radius 1 is 1.19 bits per heavy atom. The minimum absolute atomic E-state index is 0.0324. The molecule has 4 rings (SSSR count). The zero-order valence-corrected chi connectivity index (χ0v) is 18.5. The van der Waals surface area contributed by atoms with Gasteiger partial charge in [0.25, 0.3) is 5.91 Å². The number of sulfonamides is 1. The molecule has 2 aromatic carbocycles. The number of fused-ring (bicyclic) bond motifs is 1. The molecule has 0 saturated heterocycles. The van der Waals surface area contributed by atoms with Crippen LogP contribution in [0.3, 0.4) is 0 Å². The number of hydrogen-bond donors (Lipinski definition) is 1. The van der Waals surface area contributed by atoms with Gasteiger partial charge in [0.05, 0.1) is 17.6 Å². The Balaban J connectivity index is 1.54. The molecule has 0 bridgehead atoms. The standard InChI is InChI=1S/C21H18FN3O4S2/c1-12-15-5-4-6-16(22)19(15)29-18(12)20(26)24-21-23-17(11-30-21)13-7-9-14(10-8-13)25(2)31(3,27)28/h4-11H,1-3H3,(H,23,24,26). The molecule has 10 heteroatoms. The predicted molar refractivity (Wildman–Crippen MR) is 120 cm³/mol. The lowest BCUT2D eigenvalue weighted by atomic mass is 10.1. The Morgan fingerprint density at radius 2 is 1.90 bits per heavy atom. The molecule has 0 radical (unpaired) electrons. The zero-order chi connectivity index (χ0) is 22.3. The summed E-state index contributed by atoms with van der Waals surface area (Å²) in [6.45, 7) is 1.70. The Labute approximate surface area is 182 Å². The van der Waals surface area contributed by atoms with Crippen molar-refractivity contribution in [2.75, 3.05) is 22.9 Å². The number of halogens is 1. The van der Waals surface area contributed by atoms with Crippen molar-refractivity contribution in [3.05, 3.63) is 65.0 Å². The molecule has 0 atom stereocenters. The Bertz CT molecular complexity index is 1390. The van der Waals surface area contributed by atoms with E-state index in [4.69, 9.17) is 4.42 Å². The zero-order valence-electron chi connectivity index (χ0n) is 16.8. The van der Waals surface area contributed by atoms with Gasteiger partial charge in [-0.3, -0.25) is 14.4 Å². The molecule has 160 valence electrons. The summed E-state index contributed by atoms with van der Waals surface area (Å²) >= 11 is 1.23. The maximum atomic E-state index is 13.9. The van der Waals surface area contributed by atoms with Crippen LogP contribution in [-0.2, 0) is 10.0 Å². The third kappa shape index (κ3) is 4.04. The van der Waals surface area contributed by atoms with Crippen molar-refractivity contribution in [1.82, 2.24) is 4.98 Å². The first-order valence-corrected chi connectivity index (χ1v) is 11.9. The van der Waals surface area contributed by atoms with Gasteiger partial charge in [-0.2, -0.15) is 0 Å². The first-order chi connectivity index (χ1) is 14.6. The van der Waals surface area contributed by atoms with E-state index in [1.54, 1.807) is 48.7 Å². The summed E-state index contributed by atoms with van der Waals surface area (Å²) in [5.41, 5.74) is 2.52. The van der Waals surface area contributed by atoms with Gasteiger partial charge in [0.1, 0.15) is 0 Å². The van der Waals surface area contributed by atoms with Gasteiger partial charge in [-0.05, 0) is 25.1 Å². The number of anilines is 2. The molecule has 0 aliphatic carbocycles. The smallest absolute Gasteiger partial charge is 0.293 e. The van der Waals surface area contributed by atoms with Crippen LogP contribution in [0.4, 0.5) is 15.2 Å². The number of thiazole rings is 1. The predicted octanol–water partition coefficient (Wildman–Crippen LogP) is 4.65. The fourth-order valence-corrected chi connectivity index (χ4v) is 4.30. The van der Waals surface area contributed by atoms with E-state index in [0.717, 1.165) is 11.8 Å². The van der Waals surface area contributed by atoms with Crippen LogP contribution in [-0.4, -0.2) is 32.6 Å². The van der Waals surface area contributed by atoms with Gasteiger partial charge in [-0.15, -0.1) is 11.3 Å². The number of hydrogen-bond acceptors (Lipinski definition) is 6. The van der Waals surface area contributed by atoms with Crippen LogP contribution in [0, 0.1) is 12.7 Å². The molecule has 31 heavy (non-hydrogen) atoms. The molecule has 1 amide bonds. The second-order valence-corrected chi connectivity index (χ2v) is 9.81. The molecule has 0 saturated carbocycles. The first-order valence-electron chi connectivity index (χ1n) is 9.14. The fraction of sp³-hybridized carbons (Fsp3) is 0.143. The van der Waals surface area contributed by atoms with Crippen LogP contribution in [0.2, 0.25) is 0 Å². The van der Waals surface area contributed by atoms with E-state index in [9.17, 15) is 17.6 Å². The van der Waals surface area contributed by atoms with E-state index in [1.165, 1.54) is 28.8 Å². The van der Waals surface area contributed by atoms with E-state index in [-0.39, 0.29) is 11.3 Å². The number of nitrogens with one attached hydrogen (secondary N) is 1. The molecular weight excluding hydrogens is 441 g/mol. The van der Waals surface area contributed by atoms with Crippen LogP contribution in [0.15, 0.2) is 52.3 Å². The van der Waals surface area contributed by atoms with Crippen molar-refractivity contribution < 1.29 is 22.0 Å². The van der Waals surface area contributed by atoms with Crippen molar-refractivity contribution in [3.8, 4) is 11.3 Å². The Kier molecular flexibility index (Phi) is 5.28. The summed E-state index contributed by atoms with van der Waals surface area (Å²) < 4.78 is 43.9. The molecular formula is C21H18FN3O4S2. The van der Waals surface area contributed by atoms with E-state index >= 15 is 0 Å². The molecule has 0 unspecified atom stereocenters. The number of para-hydroxylation sites is 1. The highest BCUT2D eigenvalue weighted by Gasteiger charge is 2.20. The maximum absolute atomic E-state index is 13.9. The molecule has 7 nitrogen and oxygen atoms in total. The number of amides is 1. The summed E-state index contributed by atoms with van der Waals surface area (Å²) in [4.78, 5) is 17.1. The summed E-state index contributed by atoms with van der Waals surface area (Å²) in [6.07, 6.45) is 1.13. The highest BCUT2D eigenvalue weighted by Crippen LogP contribution is 2.30. The van der Waals surface area contributed by atoms with Gasteiger partial charge >= 0.3 is 0 Å². The number of furan rings is 1. The summed E-state index contributed by atoms with van der Waals surface area (Å²) in [6, 6.07) is 11.4. The number of carbonyl (C=O) groups excluding carboxylic acids is 1. The number of benzene rings is 2. The van der Waals surface area contributed by atoms with Gasteiger partial charge < -0.3 is 4.42 Å². The van der Waals surface area contributed by atoms with Crippen molar-refractivity contribution in [1.29, 1.82) is 0 Å². The van der Waals surface area contributed by atoms with Gasteiger partial charge in [0.15, 0.2) is 22.3 Å². The van der Waals surface area contributed by atoms with E-state index in [0.29, 0.717) is 27.5 Å². The Hall–Kier alpha value is -3.24. The quantitative estimate of drug-likeness (QED) is 0.469. The monoisotopic (exact) mass is 459 g/mol. The Morgan fingerprint density at radius 3 is 2.55 bits per heavy atom. The molecule has 4 aromatic rings. The first kappa shape index (κ1) is 21.0. The topological polar surface area (TPSA) is 92.5 Å². The summed E-state index contributed by atoms with van der Waals surface area (Å²) in [5.74, 6) is -1.01. The molecule has 0 fully saturated rings. The van der Waals surface area contributed by atoms with Crippen molar-refractivity contribution in [2.45, 2.75) is 6.92 Å². The highest BCUT2D eigenvalue weighted by atomic mass is 32.2. The van der Waals surface area contributed by atoms with Crippen molar-refractivity contribution >= 4 is 49.1 Å². The summed E-state index contributed by atoms with van der Waals surface area (Å²) in [7, 11) is -1.87. The normalized spacial score (nSPS) is 11.6. The highest BCUT2D eigenvalue weighted by molar-refractivity contribution is 7.92. The molecule has 0 aliphatic rings. The van der Waals surface area contributed by atoms with Crippen LogP contribution >= 0.6 is 11.3 Å². The van der Waals surface area contributed by atoms with Gasteiger partial charge in [-0.25, -0.2) is 17.8 Å². The van der Waals surface area contributed by atoms with Gasteiger partial charge in [0, 0.05) is 28.9 Å². The lowest BCUT2D eigenvalue weighted by molar-refractivity contribution is 0.0997. The molecule has 0 aliphatic heterocycles. The number of aromatic nitrogens is 1. The lowest BCUT2D eigenvalue weighted by Gasteiger charge is -2.16. The third-order valence-electron chi connectivity index (χ3n) is 4.87. The lowest BCUT2D eigenvalue weighted by Crippen LogP contribution is -2.24. The van der Waals surface area contributed by atoms with Gasteiger partial charge in [0.2, 0.25) is 10.0 Å². The van der Waals surface area contributed by atoms with E-state index < -0.39 is 21.7 Å². The molecule has 1 N–H and O–H groups in total. The van der Waals surface area contributed by atoms with Crippen LogP contribution in [0.1, 0.15) is 16.1 Å². The molecule has 0 spiro atoms. The number of rotatable bonds is 5. The van der Waals surface area contributed by atoms with Crippen LogP contribution in [0.5, 0.6) is 0 Å². The van der Waals surface area contributed by atoms with Crippen molar-refractivity contribution in [3.63, 3.8) is 0 Å². The van der Waals surface area contributed by atoms with Crippen LogP contribution in [0.25, 0.3) is 22.2 Å². The maximum Gasteiger partial charge on any atom is 0.293 e. The SMILES string of the molecule is Cc1c(C(=O)Nc2nc(-c3ccc(N(C)S(C)(=O)=O)cc3)cs2)oc2c(F)cccc12. The van der Waals surface area contributed by atoms with E-state index in [2.05, 4.69) is 10.3 Å². The second kappa shape index (κ2) is 7.78. The second-order valence-electron chi connectivity index (χ2n) is 6.94. The molecule has 2 heterocycles. The number of carbonyl (C=O) groups is 1. The molecule has 2 aromatic heterocycles. The average Bonchev–Trinajstić information content (AvgIpc) is 3.32. The minimum atomic E-state index is -3.35. The average molecular weight is 460 g/mol. The number of nitrogens with zero attached hydrogens (tertiary/aromatic N) is 2. The van der Waals surface area contributed by atoms with Crippen molar-refractivity contribution in [2.24, 2.45) is 0 Å². The van der Waals surface area contributed by atoms with Crippen LogP contribution < -0.4 is 9.62 Å². The third-order valence-corrected chi connectivity index (χ3v) is 6.83. The van der Waals surface area contributed by atoms with Gasteiger partial charge in [-0.1, -0.05) is 24.3 Å². The van der Waals surface area contributed by atoms with E-state index in [1.807, 2.05) is 0 Å². The minimum Gasteiger partial charge on any atom is -0.448 e. The number of aryl methyl sites for hydroxylation is 1. The fourth-order valence-electron chi connectivity index (χ4n) is 3.08.